The fourth-order valence-corrected chi connectivity index (χ4v) is 2.23. The van der Waals surface area contributed by atoms with E-state index in [4.69, 9.17) is 4.74 Å². The van der Waals surface area contributed by atoms with Gasteiger partial charge in [0.1, 0.15) is 17.4 Å². The van der Waals surface area contributed by atoms with Gasteiger partial charge in [-0.05, 0) is 26.0 Å². The molecule has 0 unspecified atom stereocenters. The molecule has 0 fully saturated rings. The highest BCUT2D eigenvalue weighted by molar-refractivity contribution is 5.74. The molecule has 0 amide bonds. The maximum atomic E-state index is 5.48. The molecule has 0 saturated carbocycles. The predicted octanol–water partition coefficient (Wildman–Crippen LogP) is 3.37. The fourth-order valence-electron chi connectivity index (χ4n) is 2.23. The van der Waals surface area contributed by atoms with E-state index < -0.39 is 0 Å². The summed E-state index contributed by atoms with van der Waals surface area (Å²) in [6, 6.07) is 6.13. The van der Waals surface area contributed by atoms with Crippen molar-refractivity contribution >= 4 is 5.82 Å². The molecular weight excluding hydrogens is 250 g/mol. The first kappa shape index (κ1) is 14.3. The third kappa shape index (κ3) is 2.59. The number of hydrogen-bond acceptors (Lipinski definition) is 4. The molecule has 20 heavy (non-hydrogen) atoms. The Balaban J connectivity index is 2.71. The van der Waals surface area contributed by atoms with Crippen LogP contribution in [0.5, 0.6) is 5.75 Å². The number of methoxy groups -OCH3 is 1. The molecule has 0 saturated heterocycles. The summed E-state index contributed by atoms with van der Waals surface area (Å²) in [7, 11) is 3.57. The molecule has 0 aliphatic heterocycles. The fraction of sp³-hybridized carbons (Fsp3) is 0.375. The van der Waals surface area contributed by atoms with E-state index in [0.717, 1.165) is 40.6 Å². The molecule has 4 heteroatoms. The number of benzene rings is 1. The zero-order valence-electron chi connectivity index (χ0n) is 12.7. The van der Waals surface area contributed by atoms with Crippen molar-refractivity contribution in [3.8, 4) is 17.0 Å². The van der Waals surface area contributed by atoms with E-state index >= 15 is 0 Å². The van der Waals surface area contributed by atoms with Crippen LogP contribution in [-0.4, -0.2) is 24.1 Å². The molecule has 1 N–H and O–H groups in total. The average molecular weight is 271 g/mol. The Bertz CT molecular complexity index is 623. The number of anilines is 1. The monoisotopic (exact) mass is 271 g/mol. The van der Waals surface area contributed by atoms with Crippen LogP contribution in [0.2, 0.25) is 0 Å². The Morgan fingerprint density at radius 3 is 2.55 bits per heavy atom. The minimum Gasteiger partial charge on any atom is -0.496 e. The molecule has 2 aromatic rings. The van der Waals surface area contributed by atoms with Gasteiger partial charge in [-0.2, -0.15) is 0 Å². The summed E-state index contributed by atoms with van der Waals surface area (Å²) in [5.74, 6) is 2.54. The van der Waals surface area contributed by atoms with Crippen LogP contribution in [0.1, 0.15) is 23.9 Å². The predicted molar refractivity (Wildman–Crippen MR) is 82.4 cm³/mol. The van der Waals surface area contributed by atoms with Gasteiger partial charge in [0, 0.05) is 24.6 Å². The molecule has 106 valence electrons. The van der Waals surface area contributed by atoms with Gasteiger partial charge in [-0.15, -0.1) is 0 Å². The summed E-state index contributed by atoms with van der Waals surface area (Å²) < 4.78 is 5.48. The Morgan fingerprint density at radius 2 is 1.95 bits per heavy atom. The first-order chi connectivity index (χ1) is 9.60. The third-order valence-corrected chi connectivity index (χ3v) is 3.36. The molecule has 0 aliphatic rings. The van der Waals surface area contributed by atoms with Crippen molar-refractivity contribution in [2.45, 2.75) is 27.2 Å². The van der Waals surface area contributed by atoms with Crippen LogP contribution in [0.3, 0.4) is 0 Å². The largest absolute Gasteiger partial charge is 0.496 e. The molecule has 1 aromatic carbocycles. The molecule has 1 heterocycles. The minimum absolute atomic E-state index is 0.802. The Hall–Kier alpha value is -2.10. The number of nitrogens with zero attached hydrogens (tertiary/aromatic N) is 2. The van der Waals surface area contributed by atoms with Crippen LogP contribution in [0.4, 0.5) is 5.82 Å². The van der Waals surface area contributed by atoms with Gasteiger partial charge in [-0.25, -0.2) is 9.97 Å². The van der Waals surface area contributed by atoms with E-state index in [0.29, 0.717) is 0 Å². The Morgan fingerprint density at radius 1 is 1.20 bits per heavy atom. The van der Waals surface area contributed by atoms with Crippen molar-refractivity contribution in [3.63, 3.8) is 0 Å². The van der Waals surface area contributed by atoms with Gasteiger partial charge in [0.05, 0.1) is 12.8 Å². The zero-order chi connectivity index (χ0) is 14.7. The van der Waals surface area contributed by atoms with Gasteiger partial charge in [-0.1, -0.05) is 18.6 Å². The number of rotatable bonds is 4. The van der Waals surface area contributed by atoms with Gasteiger partial charge in [0.2, 0.25) is 0 Å². The lowest BCUT2D eigenvalue weighted by molar-refractivity contribution is 0.416. The van der Waals surface area contributed by atoms with Crippen LogP contribution in [-0.2, 0) is 6.42 Å². The summed E-state index contributed by atoms with van der Waals surface area (Å²) in [5.41, 5.74) is 4.16. The van der Waals surface area contributed by atoms with Crippen molar-refractivity contribution in [1.82, 2.24) is 9.97 Å². The number of nitrogens with one attached hydrogen (secondary N) is 1. The number of hydrogen-bond donors (Lipinski definition) is 1. The van der Waals surface area contributed by atoms with E-state index in [2.05, 4.69) is 35.2 Å². The molecule has 0 radical (unpaired) electrons. The van der Waals surface area contributed by atoms with Gasteiger partial charge in [0.25, 0.3) is 0 Å². The van der Waals surface area contributed by atoms with Crippen molar-refractivity contribution in [1.29, 1.82) is 0 Å². The highest BCUT2D eigenvalue weighted by Gasteiger charge is 2.15. The smallest absolute Gasteiger partial charge is 0.133 e. The topological polar surface area (TPSA) is 47.0 Å². The molecule has 1 aromatic heterocycles. The molecular formula is C16H21N3O. The molecule has 0 atom stereocenters. The number of aromatic nitrogens is 2. The summed E-state index contributed by atoms with van der Waals surface area (Å²) in [5, 5.41) is 3.14. The lowest BCUT2D eigenvalue weighted by Crippen LogP contribution is -2.05. The normalized spacial score (nSPS) is 10.4. The van der Waals surface area contributed by atoms with Gasteiger partial charge >= 0.3 is 0 Å². The molecule has 0 aliphatic carbocycles. The third-order valence-electron chi connectivity index (χ3n) is 3.36. The summed E-state index contributed by atoms with van der Waals surface area (Å²) in [6.45, 7) is 6.16. The molecule has 0 spiro atoms. The minimum atomic E-state index is 0.802. The number of ether oxygens (including phenoxy) is 1. The molecule has 4 nitrogen and oxygen atoms in total. The Labute approximate surface area is 120 Å². The van der Waals surface area contributed by atoms with Crippen molar-refractivity contribution in [2.75, 3.05) is 19.5 Å². The van der Waals surface area contributed by atoms with E-state index in [1.807, 2.05) is 26.1 Å². The summed E-state index contributed by atoms with van der Waals surface area (Å²) in [6.07, 6.45) is 0.802. The second-order valence-electron chi connectivity index (χ2n) is 4.77. The second kappa shape index (κ2) is 5.90. The lowest BCUT2D eigenvalue weighted by Gasteiger charge is -2.14. The lowest BCUT2D eigenvalue weighted by atomic mass is 10.0. The van der Waals surface area contributed by atoms with Crippen LogP contribution in [0.25, 0.3) is 11.3 Å². The average Bonchev–Trinajstić information content (AvgIpc) is 2.47. The maximum Gasteiger partial charge on any atom is 0.133 e. The molecule has 0 bridgehead atoms. The van der Waals surface area contributed by atoms with E-state index in [1.54, 1.807) is 7.11 Å². The summed E-state index contributed by atoms with van der Waals surface area (Å²) in [4.78, 5) is 9.20. The van der Waals surface area contributed by atoms with E-state index in [1.165, 1.54) is 5.56 Å². The Kier molecular flexibility index (Phi) is 4.23. The maximum absolute atomic E-state index is 5.48. The standard InChI is InChI=1S/C16H21N3O/c1-6-14-18-15(11(3)16(17-4)19-14)12-9-10(2)7-8-13(12)20-5/h7-9H,6H2,1-5H3,(H,17,18,19). The highest BCUT2D eigenvalue weighted by atomic mass is 16.5. The van der Waals surface area contributed by atoms with Crippen LogP contribution < -0.4 is 10.1 Å². The SMILES string of the molecule is CCc1nc(NC)c(C)c(-c2cc(C)ccc2OC)n1. The van der Waals surface area contributed by atoms with E-state index in [9.17, 15) is 0 Å². The number of aryl methyl sites for hydroxylation is 2. The van der Waals surface area contributed by atoms with E-state index in [-0.39, 0.29) is 0 Å². The first-order valence-electron chi connectivity index (χ1n) is 6.81. The van der Waals surface area contributed by atoms with Crippen molar-refractivity contribution in [2.24, 2.45) is 0 Å². The second-order valence-corrected chi connectivity index (χ2v) is 4.77. The first-order valence-corrected chi connectivity index (χ1v) is 6.81. The quantitative estimate of drug-likeness (QED) is 0.926. The summed E-state index contributed by atoms with van der Waals surface area (Å²) >= 11 is 0. The van der Waals surface area contributed by atoms with Crippen LogP contribution >= 0.6 is 0 Å². The highest BCUT2D eigenvalue weighted by Crippen LogP contribution is 2.33. The van der Waals surface area contributed by atoms with Gasteiger partial charge in [-0.3, -0.25) is 0 Å². The molecule has 2 rings (SSSR count). The van der Waals surface area contributed by atoms with Crippen LogP contribution in [0.15, 0.2) is 18.2 Å². The zero-order valence-corrected chi connectivity index (χ0v) is 12.7. The van der Waals surface area contributed by atoms with Gasteiger partial charge in [0.15, 0.2) is 0 Å². The van der Waals surface area contributed by atoms with Crippen molar-refractivity contribution < 1.29 is 4.74 Å². The van der Waals surface area contributed by atoms with Gasteiger partial charge < -0.3 is 10.1 Å². The van der Waals surface area contributed by atoms with Crippen molar-refractivity contribution in [3.05, 3.63) is 35.2 Å². The van der Waals surface area contributed by atoms with Crippen LogP contribution in [0, 0.1) is 13.8 Å².